The first-order valence-corrected chi connectivity index (χ1v) is 12.1. The summed E-state index contributed by atoms with van der Waals surface area (Å²) in [7, 11) is -1.59. The van der Waals surface area contributed by atoms with E-state index in [1.165, 1.54) is 24.3 Å². The molecule has 0 aliphatic heterocycles. The number of amides is 2. The number of aromatic nitrogens is 2. The first-order chi connectivity index (χ1) is 15.1. The van der Waals surface area contributed by atoms with Crippen molar-refractivity contribution in [3.63, 3.8) is 0 Å². The van der Waals surface area contributed by atoms with E-state index in [9.17, 15) is 18.0 Å². The normalized spacial score (nSPS) is 17.6. The SMILES string of the molecule is Cn1cc(C2CC2C(=O)Nc2ccc(NC(=O)c3cccc(S(C)(=O)=O)c3)c(Cl)c2)cn1. The number of benzene rings is 2. The molecule has 0 bridgehead atoms. The molecule has 0 saturated heterocycles. The van der Waals surface area contributed by atoms with Gasteiger partial charge in [-0.2, -0.15) is 5.10 Å². The van der Waals surface area contributed by atoms with Crippen molar-refractivity contribution in [2.75, 3.05) is 16.9 Å². The van der Waals surface area contributed by atoms with E-state index in [1.54, 1.807) is 29.1 Å². The van der Waals surface area contributed by atoms with Crippen molar-refractivity contribution >= 4 is 44.6 Å². The Morgan fingerprint density at radius 2 is 1.94 bits per heavy atom. The van der Waals surface area contributed by atoms with Crippen molar-refractivity contribution < 1.29 is 18.0 Å². The zero-order valence-corrected chi connectivity index (χ0v) is 18.9. The molecule has 2 amide bonds. The number of carbonyl (C=O) groups excluding carboxylic acids is 2. The van der Waals surface area contributed by atoms with Gasteiger partial charge < -0.3 is 10.6 Å². The lowest BCUT2D eigenvalue weighted by atomic mass is 10.2. The van der Waals surface area contributed by atoms with Gasteiger partial charge in [0.15, 0.2) is 9.84 Å². The standard InChI is InChI=1S/C22H21ClN4O4S/c1-27-12-14(11-24-27)17-10-18(17)22(29)25-15-6-7-20(19(23)9-15)26-21(28)13-4-3-5-16(8-13)32(2,30)31/h3-9,11-12,17-18H,10H2,1-2H3,(H,25,29)(H,26,28). The van der Waals surface area contributed by atoms with Crippen molar-refractivity contribution in [3.05, 3.63) is 71.0 Å². The third-order valence-corrected chi connectivity index (χ3v) is 6.71. The number of hydrogen-bond acceptors (Lipinski definition) is 5. The van der Waals surface area contributed by atoms with Crippen LogP contribution in [-0.4, -0.2) is 36.3 Å². The molecule has 1 saturated carbocycles. The number of sulfone groups is 1. The minimum Gasteiger partial charge on any atom is -0.326 e. The Bertz CT molecular complexity index is 1320. The lowest BCUT2D eigenvalue weighted by Gasteiger charge is -2.11. The molecule has 10 heteroatoms. The van der Waals surface area contributed by atoms with Gasteiger partial charge in [-0.15, -0.1) is 0 Å². The van der Waals surface area contributed by atoms with Crippen LogP contribution in [-0.2, 0) is 21.7 Å². The summed E-state index contributed by atoms with van der Waals surface area (Å²) in [4.78, 5) is 25.1. The van der Waals surface area contributed by atoms with Gasteiger partial charge in [-0.3, -0.25) is 14.3 Å². The number of halogens is 1. The van der Waals surface area contributed by atoms with Crippen LogP contribution in [0.3, 0.4) is 0 Å². The maximum atomic E-state index is 12.5. The number of hydrogen-bond donors (Lipinski definition) is 2. The van der Waals surface area contributed by atoms with Gasteiger partial charge >= 0.3 is 0 Å². The van der Waals surface area contributed by atoms with Crippen LogP contribution in [0.1, 0.15) is 28.3 Å². The van der Waals surface area contributed by atoms with Gasteiger partial charge in [-0.25, -0.2) is 8.42 Å². The third-order valence-electron chi connectivity index (χ3n) is 5.29. The lowest BCUT2D eigenvalue weighted by molar-refractivity contribution is -0.117. The smallest absolute Gasteiger partial charge is 0.255 e. The zero-order valence-electron chi connectivity index (χ0n) is 17.4. The number of nitrogens with zero attached hydrogens (tertiary/aromatic N) is 2. The highest BCUT2D eigenvalue weighted by Crippen LogP contribution is 2.47. The Balaban J connectivity index is 1.40. The molecule has 8 nitrogen and oxygen atoms in total. The summed E-state index contributed by atoms with van der Waals surface area (Å²) < 4.78 is 25.1. The molecule has 1 heterocycles. The summed E-state index contributed by atoms with van der Waals surface area (Å²) in [5, 5.41) is 9.91. The molecular weight excluding hydrogens is 452 g/mol. The summed E-state index contributed by atoms with van der Waals surface area (Å²) >= 11 is 6.30. The summed E-state index contributed by atoms with van der Waals surface area (Å²) in [6, 6.07) is 10.5. The van der Waals surface area contributed by atoms with Gasteiger partial charge in [0.2, 0.25) is 5.91 Å². The minimum atomic E-state index is -3.43. The molecule has 1 aromatic heterocycles. The number of nitrogens with one attached hydrogen (secondary N) is 2. The van der Waals surface area contributed by atoms with Crippen LogP contribution in [0, 0.1) is 5.92 Å². The number of carbonyl (C=O) groups is 2. The van der Waals surface area contributed by atoms with Crippen molar-refractivity contribution in [3.8, 4) is 0 Å². The van der Waals surface area contributed by atoms with Gasteiger partial charge in [0.25, 0.3) is 5.91 Å². The fourth-order valence-corrected chi connectivity index (χ4v) is 4.37. The molecule has 4 rings (SSSR count). The Hall–Kier alpha value is -3.17. The average molecular weight is 473 g/mol. The van der Waals surface area contributed by atoms with Crippen molar-refractivity contribution in [2.45, 2.75) is 17.2 Å². The van der Waals surface area contributed by atoms with Crippen molar-refractivity contribution in [2.24, 2.45) is 13.0 Å². The quantitative estimate of drug-likeness (QED) is 0.570. The summed E-state index contributed by atoms with van der Waals surface area (Å²) in [6.07, 6.45) is 5.54. The maximum Gasteiger partial charge on any atom is 0.255 e. The summed E-state index contributed by atoms with van der Waals surface area (Å²) in [5.41, 5.74) is 2.10. The predicted octanol–water partition coefficient (Wildman–Crippen LogP) is 3.47. The van der Waals surface area contributed by atoms with Crippen LogP contribution in [0.25, 0.3) is 0 Å². The second-order valence-electron chi connectivity index (χ2n) is 7.83. The number of rotatable bonds is 6. The fraction of sp³-hybridized carbons (Fsp3) is 0.227. The predicted molar refractivity (Wildman–Crippen MR) is 122 cm³/mol. The molecule has 1 aliphatic rings. The highest BCUT2D eigenvalue weighted by atomic mass is 35.5. The van der Waals surface area contributed by atoms with E-state index in [-0.39, 0.29) is 33.2 Å². The van der Waals surface area contributed by atoms with Crippen LogP contribution in [0.5, 0.6) is 0 Å². The minimum absolute atomic E-state index is 0.0546. The molecule has 1 aliphatic carbocycles. The molecule has 2 atom stereocenters. The Morgan fingerprint density at radius 3 is 2.59 bits per heavy atom. The topological polar surface area (TPSA) is 110 Å². The van der Waals surface area contributed by atoms with Crippen LogP contribution < -0.4 is 10.6 Å². The first-order valence-electron chi connectivity index (χ1n) is 9.82. The lowest BCUT2D eigenvalue weighted by Crippen LogP contribution is -2.15. The molecular formula is C22H21ClN4O4S. The molecule has 1 fully saturated rings. The van der Waals surface area contributed by atoms with Crippen molar-refractivity contribution in [1.29, 1.82) is 0 Å². The van der Waals surface area contributed by atoms with Crippen LogP contribution >= 0.6 is 11.6 Å². The summed E-state index contributed by atoms with van der Waals surface area (Å²) in [5.74, 6) is -0.532. The fourth-order valence-electron chi connectivity index (χ4n) is 3.48. The Morgan fingerprint density at radius 1 is 1.16 bits per heavy atom. The molecule has 0 radical (unpaired) electrons. The second-order valence-corrected chi connectivity index (χ2v) is 10.3. The highest BCUT2D eigenvalue weighted by molar-refractivity contribution is 7.90. The molecule has 32 heavy (non-hydrogen) atoms. The Labute approximate surface area is 190 Å². The second kappa shape index (κ2) is 8.40. The molecule has 2 unspecified atom stereocenters. The van der Waals surface area contributed by atoms with E-state index >= 15 is 0 Å². The highest BCUT2D eigenvalue weighted by Gasteiger charge is 2.44. The van der Waals surface area contributed by atoms with Crippen LogP contribution in [0.2, 0.25) is 5.02 Å². The monoisotopic (exact) mass is 472 g/mol. The van der Waals surface area contributed by atoms with Crippen molar-refractivity contribution in [1.82, 2.24) is 9.78 Å². The van der Waals surface area contributed by atoms with E-state index in [2.05, 4.69) is 15.7 Å². The average Bonchev–Trinajstić information content (AvgIpc) is 3.43. The molecule has 2 N–H and O–H groups in total. The van der Waals surface area contributed by atoms with Gasteiger partial charge in [-0.1, -0.05) is 17.7 Å². The van der Waals surface area contributed by atoms with E-state index in [1.807, 2.05) is 13.2 Å². The van der Waals surface area contributed by atoms with Gasteiger partial charge in [0.1, 0.15) is 0 Å². The van der Waals surface area contributed by atoms with E-state index in [0.29, 0.717) is 11.4 Å². The first kappa shape index (κ1) is 22.0. The Kier molecular flexibility index (Phi) is 5.79. The number of anilines is 2. The summed E-state index contributed by atoms with van der Waals surface area (Å²) in [6.45, 7) is 0. The molecule has 166 valence electrons. The van der Waals surface area contributed by atoms with E-state index < -0.39 is 15.7 Å². The molecule has 0 spiro atoms. The zero-order chi connectivity index (χ0) is 23.0. The van der Waals surface area contributed by atoms with Gasteiger partial charge in [-0.05, 0) is 54.3 Å². The number of aryl methyl sites for hydroxylation is 1. The van der Waals surface area contributed by atoms with Crippen LogP contribution in [0.15, 0.2) is 59.8 Å². The van der Waals surface area contributed by atoms with Crippen LogP contribution in [0.4, 0.5) is 11.4 Å². The van der Waals surface area contributed by atoms with Gasteiger partial charge in [0.05, 0.1) is 21.8 Å². The largest absolute Gasteiger partial charge is 0.326 e. The van der Waals surface area contributed by atoms with Gasteiger partial charge in [0, 0.05) is 36.7 Å². The maximum absolute atomic E-state index is 12.5. The van der Waals surface area contributed by atoms with E-state index in [4.69, 9.17) is 11.6 Å². The third kappa shape index (κ3) is 4.84. The van der Waals surface area contributed by atoms with E-state index in [0.717, 1.165) is 18.2 Å². The molecule has 2 aromatic carbocycles. The molecule has 3 aromatic rings.